The third kappa shape index (κ3) is 4.09. The first-order chi connectivity index (χ1) is 11.4. The van der Waals surface area contributed by atoms with Crippen LogP contribution in [-0.2, 0) is 10.0 Å². The fourth-order valence-corrected chi connectivity index (χ4v) is 2.96. The summed E-state index contributed by atoms with van der Waals surface area (Å²) in [5.41, 5.74) is 0.270. The first kappa shape index (κ1) is 17.9. The van der Waals surface area contributed by atoms with E-state index in [1.165, 1.54) is 50.6 Å². The molecule has 0 saturated carbocycles. The number of rotatable bonds is 6. The van der Waals surface area contributed by atoms with E-state index in [1.807, 2.05) is 4.83 Å². The van der Waals surface area contributed by atoms with Gasteiger partial charge in [0.15, 0.2) is 0 Å². The molecule has 0 heterocycles. The third-order valence-corrected chi connectivity index (χ3v) is 4.52. The molecule has 2 aromatic carbocycles. The second-order valence-electron chi connectivity index (χ2n) is 4.57. The molecule has 0 fully saturated rings. The van der Waals surface area contributed by atoms with Gasteiger partial charge >= 0.3 is 0 Å². The van der Waals surface area contributed by atoms with Gasteiger partial charge in [-0.3, -0.25) is 0 Å². The molecule has 0 radical (unpaired) electrons. The predicted octanol–water partition coefficient (Wildman–Crippen LogP) is 2.38. The van der Waals surface area contributed by atoms with E-state index in [0.717, 1.165) is 6.21 Å². The van der Waals surface area contributed by atoms with Gasteiger partial charge in [0.05, 0.1) is 20.4 Å². The zero-order valence-corrected chi connectivity index (χ0v) is 14.4. The molecule has 0 amide bonds. The van der Waals surface area contributed by atoms with E-state index in [4.69, 9.17) is 21.1 Å². The molecule has 0 aliphatic carbocycles. The lowest BCUT2D eigenvalue weighted by molar-refractivity contribution is 0.386. The van der Waals surface area contributed by atoms with Crippen LogP contribution < -0.4 is 14.3 Å². The van der Waals surface area contributed by atoms with E-state index in [2.05, 4.69) is 5.10 Å². The summed E-state index contributed by atoms with van der Waals surface area (Å²) >= 11 is 5.81. The van der Waals surface area contributed by atoms with Crippen LogP contribution in [0.5, 0.6) is 17.2 Å². The summed E-state index contributed by atoms with van der Waals surface area (Å²) in [6.45, 7) is 0. The lowest BCUT2D eigenvalue weighted by atomic mass is 10.2. The second kappa shape index (κ2) is 7.41. The van der Waals surface area contributed by atoms with Crippen LogP contribution in [0.3, 0.4) is 0 Å². The molecule has 0 unspecified atom stereocenters. The van der Waals surface area contributed by atoms with E-state index in [0.29, 0.717) is 10.8 Å². The number of nitrogens with zero attached hydrogens (tertiary/aromatic N) is 1. The van der Waals surface area contributed by atoms with Crippen molar-refractivity contribution in [2.24, 2.45) is 5.10 Å². The summed E-state index contributed by atoms with van der Waals surface area (Å²) in [5, 5.41) is 13.7. The Bertz CT molecular complexity index is 868. The van der Waals surface area contributed by atoms with Gasteiger partial charge in [-0.15, -0.1) is 0 Å². The summed E-state index contributed by atoms with van der Waals surface area (Å²) < 4.78 is 34.7. The molecule has 0 aliphatic heterocycles. The highest BCUT2D eigenvalue weighted by Gasteiger charge is 2.19. The Balaban J connectivity index is 2.25. The number of benzene rings is 2. The fourth-order valence-electron chi connectivity index (χ4n) is 1.84. The van der Waals surface area contributed by atoms with Gasteiger partial charge in [-0.05, 0) is 30.3 Å². The number of sulfonamides is 1. The van der Waals surface area contributed by atoms with Crippen LogP contribution in [0.2, 0.25) is 5.02 Å². The summed E-state index contributed by atoms with van der Waals surface area (Å²) in [4.78, 5) is 1.95. The average Bonchev–Trinajstić information content (AvgIpc) is 2.57. The van der Waals surface area contributed by atoms with Crippen molar-refractivity contribution in [3.8, 4) is 17.2 Å². The number of hydrazone groups is 1. The van der Waals surface area contributed by atoms with Crippen LogP contribution in [0.1, 0.15) is 5.56 Å². The van der Waals surface area contributed by atoms with Crippen molar-refractivity contribution in [1.82, 2.24) is 4.83 Å². The van der Waals surface area contributed by atoms with Crippen LogP contribution in [0, 0.1) is 0 Å². The molecule has 0 spiro atoms. The highest BCUT2D eigenvalue weighted by atomic mass is 35.5. The Morgan fingerprint density at radius 1 is 1.17 bits per heavy atom. The molecular weight excluding hydrogens is 356 g/mol. The number of aromatic hydroxyl groups is 1. The largest absolute Gasteiger partial charge is 0.507 e. The zero-order valence-electron chi connectivity index (χ0n) is 12.9. The van der Waals surface area contributed by atoms with Gasteiger partial charge in [-0.25, -0.2) is 0 Å². The maximum Gasteiger partial charge on any atom is 0.280 e. The Morgan fingerprint density at radius 3 is 2.58 bits per heavy atom. The van der Waals surface area contributed by atoms with Crippen molar-refractivity contribution in [3.63, 3.8) is 0 Å². The topological polar surface area (TPSA) is 97.2 Å². The van der Waals surface area contributed by atoms with Gasteiger partial charge in [0.25, 0.3) is 10.0 Å². The predicted molar refractivity (Wildman–Crippen MR) is 90.6 cm³/mol. The minimum absolute atomic E-state index is 0.0793. The number of ether oxygens (including phenoxy) is 2. The maximum atomic E-state index is 12.3. The van der Waals surface area contributed by atoms with Crippen LogP contribution in [-0.4, -0.2) is 34.0 Å². The van der Waals surface area contributed by atoms with Crippen molar-refractivity contribution in [2.75, 3.05) is 14.2 Å². The molecule has 0 saturated heterocycles. The second-order valence-corrected chi connectivity index (χ2v) is 6.64. The number of methoxy groups -OCH3 is 2. The summed E-state index contributed by atoms with van der Waals surface area (Å²) in [7, 11) is -1.15. The zero-order chi connectivity index (χ0) is 17.7. The van der Waals surface area contributed by atoms with E-state index in [-0.39, 0.29) is 22.0 Å². The highest BCUT2D eigenvalue weighted by Crippen LogP contribution is 2.28. The number of nitrogens with one attached hydrogen (secondary N) is 1. The number of hydrogen-bond donors (Lipinski definition) is 2. The number of phenolic OH excluding ortho intramolecular Hbond substituents is 1. The smallest absolute Gasteiger partial charge is 0.280 e. The number of phenols is 1. The van der Waals surface area contributed by atoms with E-state index in [1.54, 1.807) is 0 Å². The Morgan fingerprint density at radius 2 is 1.92 bits per heavy atom. The lowest BCUT2D eigenvalue weighted by Gasteiger charge is -2.10. The van der Waals surface area contributed by atoms with Crippen molar-refractivity contribution in [2.45, 2.75) is 4.90 Å². The Kier molecular flexibility index (Phi) is 5.53. The fraction of sp³-hybridized carbons (Fsp3) is 0.133. The molecule has 2 rings (SSSR count). The third-order valence-electron chi connectivity index (χ3n) is 3.03. The molecular formula is C15H15ClN2O5S. The molecule has 2 N–H and O–H groups in total. The molecule has 2 aromatic rings. The van der Waals surface area contributed by atoms with Crippen LogP contribution in [0.4, 0.5) is 0 Å². The Labute approximate surface area is 144 Å². The van der Waals surface area contributed by atoms with Crippen molar-refractivity contribution in [3.05, 3.63) is 47.0 Å². The minimum atomic E-state index is -3.96. The SMILES string of the molecule is COc1ccc(S(=O)(=O)NN=Cc2cc(Cl)ccc2O)c(OC)c1. The van der Waals surface area contributed by atoms with Gasteiger partial charge in [-0.2, -0.15) is 18.4 Å². The van der Waals surface area contributed by atoms with Crippen molar-refractivity contribution < 1.29 is 23.0 Å². The summed E-state index contributed by atoms with van der Waals surface area (Å²) in [6.07, 6.45) is 1.15. The quantitative estimate of drug-likeness (QED) is 0.601. The van der Waals surface area contributed by atoms with Crippen LogP contribution in [0.25, 0.3) is 0 Å². The van der Waals surface area contributed by atoms with Gasteiger partial charge in [-0.1, -0.05) is 11.6 Å². The molecule has 24 heavy (non-hydrogen) atoms. The molecule has 0 bridgehead atoms. The molecule has 128 valence electrons. The number of halogens is 1. The molecule has 7 nitrogen and oxygen atoms in total. The lowest BCUT2D eigenvalue weighted by Crippen LogP contribution is -2.19. The van der Waals surface area contributed by atoms with Gasteiger partial charge in [0.1, 0.15) is 22.1 Å². The van der Waals surface area contributed by atoms with Crippen LogP contribution >= 0.6 is 11.6 Å². The highest BCUT2D eigenvalue weighted by molar-refractivity contribution is 7.89. The summed E-state index contributed by atoms with van der Waals surface area (Å²) in [5.74, 6) is 0.491. The van der Waals surface area contributed by atoms with Crippen LogP contribution in [0.15, 0.2) is 46.4 Å². The Hall–Kier alpha value is -2.45. The maximum absolute atomic E-state index is 12.3. The monoisotopic (exact) mass is 370 g/mol. The molecule has 0 aromatic heterocycles. The molecule has 0 atom stereocenters. The summed E-state index contributed by atoms with van der Waals surface area (Å²) in [6, 6.07) is 8.60. The van der Waals surface area contributed by atoms with E-state index in [9.17, 15) is 13.5 Å². The first-order valence-electron chi connectivity index (χ1n) is 6.63. The van der Waals surface area contributed by atoms with E-state index < -0.39 is 10.0 Å². The standard InChI is InChI=1S/C15H15ClN2O5S/c1-22-12-4-6-15(14(8-12)23-2)24(20,21)18-17-9-10-7-11(16)3-5-13(10)19/h3-9,18-19H,1-2H3. The molecule has 0 aliphatic rings. The van der Waals surface area contributed by atoms with Gasteiger partial charge < -0.3 is 14.6 Å². The normalized spacial score (nSPS) is 11.5. The van der Waals surface area contributed by atoms with Gasteiger partial charge in [0, 0.05) is 16.7 Å². The van der Waals surface area contributed by atoms with Crippen molar-refractivity contribution in [1.29, 1.82) is 0 Å². The van der Waals surface area contributed by atoms with Crippen molar-refractivity contribution >= 4 is 27.8 Å². The van der Waals surface area contributed by atoms with E-state index >= 15 is 0 Å². The average molecular weight is 371 g/mol. The first-order valence-corrected chi connectivity index (χ1v) is 8.49. The van der Waals surface area contributed by atoms with Gasteiger partial charge in [0.2, 0.25) is 0 Å². The minimum Gasteiger partial charge on any atom is -0.507 e. The molecule has 9 heteroatoms. The number of hydrogen-bond acceptors (Lipinski definition) is 6.